The van der Waals surface area contributed by atoms with E-state index in [1.54, 1.807) is 24.3 Å². The fraction of sp³-hybridized carbons (Fsp3) is 0.174. The first-order chi connectivity index (χ1) is 13.9. The van der Waals surface area contributed by atoms with Crippen molar-refractivity contribution in [1.29, 1.82) is 0 Å². The van der Waals surface area contributed by atoms with Crippen molar-refractivity contribution in [2.24, 2.45) is 0 Å². The number of fused-ring (bicyclic) bond motifs is 3. The molecule has 5 nitrogen and oxygen atoms in total. The Morgan fingerprint density at radius 3 is 2.41 bits per heavy atom. The maximum atomic E-state index is 13.3. The maximum absolute atomic E-state index is 13.3. The fourth-order valence-electron chi connectivity index (χ4n) is 3.66. The molecule has 0 saturated heterocycles. The standard InChI is InChI=1S/C23H22N2O3S/c1-16-12-13-21-20(14-16)19-10-6-7-11-22(19)29(27,28)25(21)15-23(26)24-17(2)18-8-4-3-5-9-18/h3-14,17H,15H2,1-2H3,(H,24,26)/t17-/m0/s1. The Morgan fingerprint density at radius 2 is 1.66 bits per heavy atom. The fourth-order valence-corrected chi connectivity index (χ4v) is 5.31. The van der Waals surface area contributed by atoms with Gasteiger partial charge in [-0.3, -0.25) is 9.10 Å². The van der Waals surface area contributed by atoms with Crippen LogP contribution in [0.15, 0.2) is 77.7 Å². The van der Waals surface area contributed by atoms with Gasteiger partial charge in [0, 0.05) is 11.1 Å². The van der Waals surface area contributed by atoms with Crippen LogP contribution in [0.2, 0.25) is 0 Å². The third-order valence-corrected chi connectivity index (χ3v) is 6.95. The highest BCUT2D eigenvalue weighted by atomic mass is 32.2. The molecular weight excluding hydrogens is 384 g/mol. The Bertz CT molecular complexity index is 1170. The topological polar surface area (TPSA) is 66.5 Å². The first kappa shape index (κ1) is 19.2. The zero-order valence-corrected chi connectivity index (χ0v) is 17.1. The van der Waals surface area contributed by atoms with Crippen molar-refractivity contribution in [2.75, 3.05) is 10.8 Å². The summed E-state index contributed by atoms with van der Waals surface area (Å²) in [5, 5.41) is 2.90. The molecule has 0 saturated carbocycles. The lowest BCUT2D eigenvalue weighted by atomic mass is 10.0. The van der Waals surface area contributed by atoms with Crippen LogP contribution in [0, 0.1) is 6.92 Å². The number of rotatable bonds is 4. The summed E-state index contributed by atoms with van der Waals surface area (Å²) < 4.78 is 27.8. The molecule has 0 unspecified atom stereocenters. The summed E-state index contributed by atoms with van der Waals surface area (Å²) in [6.45, 7) is 3.57. The predicted octanol–water partition coefficient (Wildman–Crippen LogP) is 4.05. The molecule has 0 radical (unpaired) electrons. The van der Waals surface area contributed by atoms with Crippen molar-refractivity contribution in [3.05, 3.63) is 83.9 Å². The summed E-state index contributed by atoms with van der Waals surface area (Å²) in [5.41, 5.74) is 4.00. The van der Waals surface area contributed by atoms with Crippen LogP contribution < -0.4 is 9.62 Å². The number of hydrogen-bond acceptors (Lipinski definition) is 3. The average Bonchev–Trinajstić information content (AvgIpc) is 2.72. The molecule has 0 spiro atoms. The number of nitrogens with zero attached hydrogens (tertiary/aromatic N) is 1. The van der Waals surface area contributed by atoms with Gasteiger partial charge in [-0.25, -0.2) is 8.42 Å². The molecule has 1 aliphatic heterocycles. The molecule has 4 rings (SSSR count). The van der Waals surface area contributed by atoms with Crippen LogP contribution in [0.1, 0.15) is 24.1 Å². The van der Waals surface area contributed by atoms with Gasteiger partial charge in [0.25, 0.3) is 10.0 Å². The highest BCUT2D eigenvalue weighted by Gasteiger charge is 2.35. The molecule has 0 fully saturated rings. The zero-order chi connectivity index (χ0) is 20.6. The molecule has 1 heterocycles. The van der Waals surface area contributed by atoms with Crippen LogP contribution in [0.4, 0.5) is 5.69 Å². The summed E-state index contributed by atoms with van der Waals surface area (Å²) in [5.74, 6) is -0.351. The Kier molecular flexibility index (Phi) is 4.88. The van der Waals surface area contributed by atoms with Gasteiger partial charge in [0.05, 0.1) is 16.6 Å². The van der Waals surface area contributed by atoms with Gasteiger partial charge in [0.2, 0.25) is 5.91 Å². The van der Waals surface area contributed by atoms with Crippen LogP contribution in [0.5, 0.6) is 0 Å². The predicted molar refractivity (Wildman–Crippen MR) is 114 cm³/mol. The molecule has 0 aromatic heterocycles. The van der Waals surface area contributed by atoms with E-state index in [-0.39, 0.29) is 23.4 Å². The van der Waals surface area contributed by atoms with Gasteiger partial charge in [-0.05, 0) is 37.6 Å². The molecule has 29 heavy (non-hydrogen) atoms. The van der Waals surface area contributed by atoms with E-state index in [1.807, 2.05) is 62.4 Å². The van der Waals surface area contributed by atoms with Gasteiger partial charge < -0.3 is 5.32 Å². The SMILES string of the molecule is Cc1ccc2c(c1)-c1ccccc1S(=O)(=O)N2CC(=O)N[C@@H](C)c1ccccc1. The number of carbonyl (C=O) groups excluding carboxylic acids is 1. The molecule has 1 aliphatic rings. The van der Waals surface area contributed by atoms with Crippen molar-refractivity contribution >= 4 is 21.6 Å². The first-order valence-corrected chi connectivity index (χ1v) is 10.9. The molecule has 1 atom stereocenters. The van der Waals surface area contributed by atoms with E-state index < -0.39 is 10.0 Å². The molecular formula is C23H22N2O3S. The quantitative estimate of drug-likeness (QED) is 0.711. The highest BCUT2D eigenvalue weighted by molar-refractivity contribution is 7.93. The van der Waals surface area contributed by atoms with Crippen LogP contribution >= 0.6 is 0 Å². The lowest BCUT2D eigenvalue weighted by Crippen LogP contribution is -2.43. The number of nitrogens with one attached hydrogen (secondary N) is 1. The van der Waals surface area contributed by atoms with Gasteiger partial charge in [-0.15, -0.1) is 0 Å². The molecule has 148 valence electrons. The second-order valence-electron chi connectivity index (χ2n) is 7.23. The highest BCUT2D eigenvalue weighted by Crippen LogP contribution is 2.43. The van der Waals surface area contributed by atoms with E-state index in [1.165, 1.54) is 4.31 Å². The van der Waals surface area contributed by atoms with Crippen molar-refractivity contribution < 1.29 is 13.2 Å². The lowest BCUT2D eigenvalue weighted by molar-refractivity contribution is -0.120. The molecule has 3 aromatic carbocycles. The minimum atomic E-state index is -3.83. The molecule has 3 aromatic rings. The van der Waals surface area contributed by atoms with E-state index in [2.05, 4.69) is 5.32 Å². The van der Waals surface area contributed by atoms with Crippen LogP contribution in [0.3, 0.4) is 0 Å². The smallest absolute Gasteiger partial charge is 0.265 e. The van der Waals surface area contributed by atoms with Crippen LogP contribution in [0.25, 0.3) is 11.1 Å². The third kappa shape index (κ3) is 3.51. The summed E-state index contributed by atoms with van der Waals surface area (Å²) >= 11 is 0. The average molecular weight is 407 g/mol. The van der Waals surface area contributed by atoms with Gasteiger partial charge >= 0.3 is 0 Å². The minimum Gasteiger partial charge on any atom is -0.348 e. The van der Waals surface area contributed by atoms with Crippen molar-refractivity contribution in [2.45, 2.75) is 24.8 Å². The number of amides is 1. The van der Waals surface area contributed by atoms with Crippen molar-refractivity contribution in [1.82, 2.24) is 5.32 Å². The van der Waals surface area contributed by atoms with Gasteiger partial charge in [-0.1, -0.05) is 60.2 Å². The second-order valence-corrected chi connectivity index (χ2v) is 9.06. The minimum absolute atomic E-state index is 0.221. The lowest BCUT2D eigenvalue weighted by Gasteiger charge is -2.32. The molecule has 1 N–H and O–H groups in total. The second kappa shape index (κ2) is 7.37. The normalized spacial score (nSPS) is 15.2. The van der Waals surface area contributed by atoms with Crippen molar-refractivity contribution in [3.63, 3.8) is 0 Å². The number of anilines is 1. The number of hydrogen-bond donors (Lipinski definition) is 1. The number of aryl methyl sites for hydroxylation is 1. The van der Waals surface area contributed by atoms with E-state index in [0.717, 1.165) is 16.7 Å². The Hall–Kier alpha value is -3.12. The third-order valence-electron chi connectivity index (χ3n) is 5.13. The largest absolute Gasteiger partial charge is 0.348 e. The zero-order valence-electron chi connectivity index (χ0n) is 16.3. The Labute approximate surface area is 171 Å². The van der Waals surface area contributed by atoms with E-state index in [9.17, 15) is 13.2 Å². The van der Waals surface area contributed by atoms with Crippen molar-refractivity contribution in [3.8, 4) is 11.1 Å². The van der Waals surface area contributed by atoms with E-state index >= 15 is 0 Å². The monoisotopic (exact) mass is 406 g/mol. The molecule has 6 heteroatoms. The molecule has 1 amide bonds. The molecule has 0 aliphatic carbocycles. The van der Waals surface area contributed by atoms with Crippen LogP contribution in [-0.2, 0) is 14.8 Å². The number of carbonyl (C=O) groups is 1. The number of benzene rings is 3. The summed E-state index contributed by atoms with van der Waals surface area (Å²) in [7, 11) is -3.83. The van der Waals surface area contributed by atoms with Crippen LogP contribution in [-0.4, -0.2) is 20.9 Å². The Morgan fingerprint density at radius 1 is 0.966 bits per heavy atom. The first-order valence-electron chi connectivity index (χ1n) is 9.45. The Balaban J connectivity index is 1.68. The summed E-state index contributed by atoms with van der Waals surface area (Å²) in [6.07, 6.45) is 0. The van der Waals surface area contributed by atoms with E-state index in [0.29, 0.717) is 11.3 Å². The molecule has 0 bridgehead atoms. The number of sulfonamides is 1. The van der Waals surface area contributed by atoms with Gasteiger partial charge in [0.15, 0.2) is 0 Å². The van der Waals surface area contributed by atoms with Gasteiger partial charge in [-0.2, -0.15) is 0 Å². The summed E-state index contributed by atoms with van der Waals surface area (Å²) in [6, 6.07) is 21.9. The summed E-state index contributed by atoms with van der Waals surface area (Å²) in [4.78, 5) is 13.0. The van der Waals surface area contributed by atoms with E-state index in [4.69, 9.17) is 0 Å². The maximum Gasteiger partial charge on any atom is 0.265 e. The van der Waals surface area contributed by atoms with Gasteiger partial charge in [0.1, 0.15) is 6.54 Å².